The molecule has 1 fully saturated rings. The molecule has 1 aliphatic heterocycles. The van der Waals surface area contributed by atoms with E-state index in [2.05, 4.69) is 0 Å². The van der Waals surface area contributed by atoms with E-state index >= 15 is 0 Å². The summed E-state index contributed by atoms with van der Waals surface area (Å²) in [4.78, 5) is 30.4. The average molecular weight is 435 g/mol. The Labute approximate surface area is 186 Å². The van der Waals surface area contributed by atoms with Crippen LogP contribution in [0.25, 0.3) is 0 Å². The fourth-order valence-corrected chi connectivity index (χ4v) is 4.63. The van der Waals surface area contributed by atoms with Gasteiger partial charge < -0.3 is 14.5 Å². The number of amides is 2. The fourth-order valence-electron chi connectivity index (χ4n) is 3.91. The lowest BCUT2D eigenvalue weighted by atomic mass is 10.1. The summed E-state index contributed by atoms with van der Waals surface area (Å²) in [5.41, 5.74) is 2.58. The van der Waals surface area contributed by atoms with E-state index in [1.54, 1.807) is 18.4 Å². The first-order valence-corrected chi connectivity index (χ1v) is 11.3. The summed E-state index contributed by atoms with van der Waals surface area (Å²) < 4.78 is 5.50. The topological polar surface area (TPSA) is 49.9 Å². The molecule has 0 atom stereocenters. The van der Waals surface area contributed by atoms with Crippen LogP contribution in [0.3, 0.4) is 0 Å². The second-order valence-electron chi connectivity index (χ2n) is 7.67. The van der Waals surface area contributed by atoms with Crippen molar-refractivity contribution in [1.29, 1.82) is 0 Å². The molecule has 0 unspecified atom stereocenters. The van der Waals surface area contributed by atoms with Gasteiger partial charge in [-0.3, -0.25) is 9.59 Å². The maximum atomic E-state index is 13.5. The van der Waals surface area contributed by atoms with Crippen molar-refractivity contribution in [3.63, 3.8) is 0 Å². The molecule has 2 amide bonds. The molecule has 5 nitrogen and oxygen atoms in total. The van der Waals surface area contributed by atoms with E-state index in [1.165, 1.54) is 0 Å². The fraction of sp³-hybridized carbons (Fsp3) is 0.280. The van der Waals surface area contributed by atoms with Crippen molar-refractivity contribution >= 4 is 23.2 Å². The van der Waals surface area contributed by atoms with Gasteiger partial charge in [0.15, 0.2) is 0 Å². The van der Waals surface area contributed by atoms with Crippen LogP contribution in [0.1, 0.15) is 39.2 Å². The molecule has 160 valence electrons. The first kappa shape index (κ1) is 21.1. The lowest BCUT2D eigenvalue weighted by Crippen LogP contribution is -2.30. The van der Waals surface area contributed by atoms with Gasteiger partial charge in [-0.2, -0.15) is 0 Å². The van der Waals surface area contributed by atoms with E-state index in [4.69, 9.17) is 4.74 Å². The quantitative estimate of drug-likeness (QED) is 0.515. The number of likely N-dealkylation sites (tertiary alicyclic amines) is 1. The summed E-state index contributed by atoms with van der Waals surface area (Å²) in [6.07, 6.45) is 1.52. The third kappa shape index (κ3) is 5.14. The molecular formula is C25H26N2O3S. The summed E-state index contributed by atoms with van der Waals surface area (Å²) in [5.74, 6) is 0.925. The van der Waals surface area contributed by atoms with Crippen molar-refractivity contribution in [2.24, 2.45) is 0 Å². The van der Waals surface area contributed by atoms with Crippen LogP contribution in [0.2, 0.25) is 0 Å². The predicted molar refractivity (Wildman–Crippen MR) is 122 cm³/mol. The van der Waals surface area contributed by atoms with Gasteiger partial charge in [-0.25, -0.2) is 0 Å². The smallest absolute Gasteiger partial charge is 0.254 e. The lowest BCUT2D eigenvalue weighted by molar-refractivity contribution is -0.128. The van der Waals surface area contributed by atoms with Crippen LogP contribution in [0.5, 0.6) is 5.75 Å². The first-order valence-electron chi connectivity index (χ1n) is 10.4. The van der Waals surface area contributed by atoms with Crippen molar-refractivity contribution in [2.75, 3.05) is 13.7 Å². The van der Waals surface area contributed by atoms with Crippen molar-refractivity contribution in [2.45, 2.75) is 32.5 Å². The molecule has 1 aromatic heterocycles. The van der Waals surface area contributed by atoms with E-state index in [0.29, 0.717) is 31.6 Å². The van der Waals surface area contributed by atoms with Crippen molar-refractivity contribution in [1.82, 2.24) is 9.80 Å². The van der Waals surface area contributed by atoms with E-state index in [1.807, 2.05) is 75.8 Å². The number of nitrogens with zero attached hydrogens (tertiary/aromatic N) is 2. The van der Waals surface area contributed by atoms with Gasteiger partial charge in [0.05, 0.1) is 20.2 Å². The molecule has 2 heterocycles. The second-order valence-corrected chi connectivity index (χ2v) is 8.70. The third-order valence-corrected chi connectivity index (χ3v) is 6.35. The third-order valence-electron chi connectivity index (χ3n) is 5.49. The number of carbonyl (C=O) groups excluding carboxylic acids is 2. The van der Waals surface area contributed by atoms with Gasteiger partial charge >= 0.3 is 0 Å². The number of methoxy groups -OCH3 is 1. The molecule has 0 saturated carbocycles. The van der Waals surface area contributed by atoms with E-state index in [-0.39, 0.29) is 11.8 Å². The molecule has 31 heavy (non-hydrogen) atoms. The van der Waals surface area contributed by atoms with Crippen molar-refractivity contribution in [3.8, 4) is 5.75 Å². The Morgan fingerprint density at radius 1 is 1.10 bits per heavy atom. The monoisotopic (exact) mass is 434 g/mol. The van der Waals surface area contributed by atoms with Gasteiger partial charge in [-0.1, -0.05) is 36.4 Å². The highest BCUT2D eigenvalue weighted by Gasteiger charge is 2.22. The lowest BCUT2D eigenvalue weighted by Gasteiger charge is -2.24. The Hall–Kier alpha value is -3.12. The molecule has 6 heteroatoms. The number of hydrogen-bond donors (Lipinski definition) is 0. The highest BCUT2D eigenvalue weighted by atomic mass is 32.1. The highest BCUT2D eigenvalue weighted by Crippen LogP contribution is 2.23. The standard InChI is InChI=1S/C25H26N2O3S/c1-30-23-11-3-2-8-21(23)17-27(18-22-10-6-14-31-22)25(29)20-9-4-7-19(15-20)16-26-13-5-12-24(26)28/h2-4,6-11,14-15H,5,12-13,16-18H2,1H3. The molecule has 2 aromatic carbocycles. The van der Waals surface area contributed by atoms with Crippen LogP contribution in [0, 0.1) is 0 Å². The van der Waals surface area contributed by atoms with Crippen molar-refractivity contribution in [3.05, 3.63) is 87.6 Å². The van der Waals surface area contributed by atoms with Gasteiger partial charge in [0.1, 0.15) is 5.75 Å². The number of carbonyl (C=O) groups is 2. The largest absolute Gasteiger partial charge is 0.496 e. The molecule has 1 aliphatic rings. The zero-order valence-electron chi connectivity index (χ0n) is 17.6. The van der Waals surface area contributed by atoms with Crippen LogP contribution in [-0.4, -0.2) is 35.3 Å². The summed E-state index contributed by atoms with van der Waals surface area (Å²) in [6, 6.07) is 19.5. The van der Waals surface area contributed by atoms with Crippen LogP contribution >= 0.6 is 11.3 Å². The SMILES string of the molecule is COc1ccccc1CN(Cc1cccs1)C(=O)c1cccc(CN2CCCC2=O)c1. The molecule has 1 saturated heterocycles. The van der Waals surface area contributed by atoms with Gasteiger partial charge in [-0.15, -0.1) is 11.3 Å². The number of para-hydroxylation sites is 1. The van der Waals surface area contributed by atoms with E-state index in [9.17, 15) is 9.59 Å². The van der Waals surface area contributed by atoms with Gasteiger partial charge in [-0.05, 0) is 41.6 Å². The van der Waals surface area contributed by atoms with Gasteiger partial charge in [0, 0.05) is 35.5 Å². The van der Waals surface area contributed by atoms with Gasteiger partial charge in [0.25, 0.3) is 5.91 Å². The minimum Gasteiger partial charge on any atom is -0.496 e. The van der Waals surface area contributed by atoms with Crippen LogP contribution in [0.15, 0.2) is 66.0 Å². The number of benzene rings is 2. The Kier molecular flexibility index (Phi) is 6.67. The van der Waals surface area contributed by atoms with Crippen LogP contribution < -0.4 is 4.74 Å². The molecule has 3 aromatic rings. The summed E-state index contributed by atoms with van der Waals surface area (Å²) in [6.45, 7) is 2.33. The number of thiophene rings is 1. The Morgan fingerprint density at radius 2 is 1.97 bits per heavy atom. The summed E-state index contributed by atoms with van der Waals surface area (Å²) in [7, 11) is 1.65. The number of rotatable bonds is 8. The minimum absolute atomic E-state index is 0.0334. The zero-order chi connectivity index (χ0) is 21.6. The molecule has 4 rings (SSSR count). The average Bonchev–Trinajstić information content (AvgIpc) is 3.45. The maximum Gasteiger partial charge on any atom is 0.254 e. The molecule has 0 radical (unpaired) electrons. The Balaban J connectivity index is 1.58. The molecular weight excluding hydrogens is 408 g/mol. The van der Waals surface area contributed by atoms with E-state index < -0.39 is 0 Å². The van der Waals surface area contributed by atoms with Gasteiger partial charge in [0.2, 0.25) is 5.91 Å². The van der Waals surface area contributed by atoms with Crippen molar-refractivity contribution < 1.29 is 14.3 Å². The minimum atomic E-state index is -0.0334. The molecule has 0 spiro atoms. The van der Waals surface area contributed by atoms with Crippen LogP contribution in [0.4, 0.5) is 0 Å². The highest BCUT2D eigenvalue weighted by molar-refractivity contribution is 7.09. The predicted octanol–water partition coefficient (Wildman–Crippen LogP) is 4.72. The Bertz CT molecular complexity index is 1050. The maximum absolute atomic E-state index is 13.5. The zero-order valence-corrected chi connectivity index (χ0v) is 18.4. The molecule has 0 bridgehead atoms. The Morgan fingerprint density at radius 3 is 2.71 bits per heavy atom. The first-order chi connectivity index (χ1) is 15.1. The summed E-state index contributed by atoms with van der Waals surface area (Å²) >= 11 is 1.64. The second kappa shape index (κ2) is 9.79. The summed E-state index contributed by atoms with van der Waals surface area (Å²) in [5, 5.41) is 2.02. The molecule has 0 aliphatic carbocycles. The number of hydrogen-bond acceptors (Lipinski definition) is 4. The van der Waals surface area contributed by atoms with E-state index in [0.717, 1.165) is 34.7 Å². The molecule has 0 N–H and O–H groups in total. The van der Waals surface area contributed by atoms with Crippen LogP contribution in [-0.2, 0) is 24.4 Å². The normalized spacial score (nSPS) is 13.5. The number of ether oxygens (including phenoxy) is 1.